The average Bonchev–Trinajstić information content (AvgIpc) is 2.47. The van der Waals surface area contributed by atoms with E-state index in [1.807, 2.05) is 0 Å². The van der Waals surface area contributed by atoms with Crippen molar-refractivity contribution in [2.75, 3.05) is 11.4 Å². The molecule has 1 aromatic rings. The molecule has 18 heavy (non-hydrogen) atoms. The Bertz CT molecular complexity index is 452. The van der Waals surface area contributed by atoms with Crippen molar-refractivity contribution >= 4 is 5.69 Å². The summed E-state index contributed by atoms with van der Waals surface area (Å²) >= 11 is 0. The maximum Gasteiger partial charge on any atom is 0.0655 e. The van der Waals surface area contributed by atoms with E-state index in [0.29, 0.717) is 12.0 Å². The Hall–Kier alpha value is -1.49. The van der Waals surface area contributed by atoms with Gasteiger partial charge in [0.25, 0.3) is 0 Å². The second kappa shape index (κ2) is 5.02. The van der Waals surface area contributed by atoms with Crippen molar-refractivity contribution < 1.29 is 0 Å². The Morgan fingerprint density at radius 2 is 1.89 bits per heavy atom. The Morgan fingerprint density at radius 1 is 1.11 bits per heavy atom. The van der Waals surface area contributed by atoms with Gasteiger partial charge in [-0.15, -0.1) is 0 Å². The van der Waals surface area contributed by atoms with Gasteiger partial charge in [-0.2, -0.15) is 5.26 Å². The van der Waals surface area contributed by atoms with Crippen LogP contribution >= 0.6 is 0 Å². The highest BCUT2D eigenvalue weighted by Gasteiger charge is 2.28. The molecule has 2 heteroatoms. The molecular formula is C16H20N2. The monoisotopic (exact) mass is 240 g/mol. The minimum absolute atomic E-state index is 0.307. The second-order valence-electron chi connectivity index (χ2n) is 5.56. The average molecular weight is 240 g/mol. The van der Waals surface area contributed by atoms with Gasteiger partial charge in [0.2, 0.25) is 0 Å². The van der Waals surface area contributed by atoms with Gasteiger partial charge >= 0.3 is 0 Å². The van der Waals surface area contributed by atoms with Gasteiger partial charge in [0.05, 0.1) is 6.07 Å². The molecule has 1 aromatic carbocycles. The summed E-state index contributed by atoms with van der Waals surface area (Å²) in [6.45, 7) is 1.19. The third-order valence-electron chi connectivity index (χ3n) is 4.47. The van der Waals surface area contributed by atoms with Crippen molar-refractivity contribution in [1.82, 2.24) is 0 Å². The lowest BCUT2D eigenvalue weighted by atomic mass is 9.85. The number of hydrogen-bond acceptors (Lipinski definition) is 2. The van der Waals surface area contributed by atoms with Crippen LogP contribution in [0.15, 0.2) is 24.3 Å². The summed E-state index contributed by atoms with van der Waals surface area (Å²) in [6, 6.07) is 11.9. The van der Waals surface area contributed by atoms with Gasteiger partial charge in [0.15, 0.2) is 0 Å². The van der Waals surface area contributed by atoms with Crippen LogP contribution in [-0.4, -0.2) is 12.6 Å². The summed E-state index contributed by atoms with van der Waals surface area (Å²) in [7, 11) is 0. The molecule has 3 rings (SSSR count). The smallest absolute Gasteiger partial charge is 0.0655 e. The summed E-state index contributed by atoms with van der Waals surface area (Å²) in [5.74, 6) is 0.307. The lowest BCUT2D eigenvalue weighted by molar-refractivity contribution is 0.359. The molecule has 1 aliphatic carbocycles. The van der Waals surface area contributed by atoms with Crippen LogP contribution in [0.4, 0.5) is 5.69 Å². The fraction of sp³-hybridized carbons (Fsp3) is 0.562. The number of anilines is 1. The molecule has 0 atom stereocenters. The molecule has 0 aromatic heterocycles. The van der Waals surface area contributed by atoms with E-state index >= 15 is 0 Å². The van der Waals surface area contributed by atoms with Gasteiger partial charge < -0.3 is 4.90 Å². The summed E-state index contributed by atoms with van der Waals surface area (Å²) in [5.41, 5.74) is 2.95. The molecule has 94 valence electrons. The van der Waals surface area contributed by atoms with Crippen LogP contribution in [0, 0.1) is 17.2 Å². The first-order valence-electron chi connectivity index (χ1n) is 7.12. The number of fused-ring (bicyclic) bond motifs is 1. The quantitative estimate of drug-likeness (QED) is 0.751. The SMILES string of the molecule is N#CC1CCC(N2CCCc3ccccc32)CC1. The van der Waals surface area contributed by atoms with E-state index in [1.54, 1.807) is 0 Å². The highest BCUT2D eigenvalue weighted by Crippen LogP contribution is 2.34. The van der Waals surface area contributed by atoms with Crippen molar-refractivity contribution in [2.24, 2.45) is 5.92 Å². The normalized spacial score (nSPS) is 27.4. The molecular weight excluding hydrogens is 220 g/mol. The minimum atomic E-state index is 0.307. The summed E-state index contributed by atoms with van der Waals surface area (Å²) in [4.78, 5) is 2.60. The molecule has 1 saturated carbocycles. The number of nitrogens with zero attached hydrogens (tertiary/aromatic N) is 2. The molecule has 0 bridgehead atoms. The highest BCUT2D eigenvalue weighted by molar-refractivity contribution is 5.56. The lowest BCUT2D eigenvalue weighted by Gasteiger charge is -2.40. The zero-order valence-corrected chi connectivity index (χ0v) is 10.8. The predicted molar refractivity (Wildman–Crippen MR) is 73.5 cm³/mol. The van der Waals surface area contributed by atoms with E-state index in [2.05, 4.69) is 35.2 Å². The standard InChI is InChI=1S/C16H20N2/c17-12-13-7-9-15(10-8-13)18-11-3-5-14-4-1-2-6-16(14)18/h1-2,4,6,13,15H,3,5,7-11H2. The molecule has 1 fully saturated rings. The van der Waals surface area contributed by atoms with Crippen LogP contribution in [0.25, 0.3) is 0 Å². The van der Waals surface area contributed by atoms with Gasteiger partial charge in [0.1, 0.15) is 0 Å². The second-order valence-corrected chi connectivity index (χ2v) is 5.56. The van der Waals surface area contributed by atoms with Gasteiger partial charge in [-0.25, -0.2) is 0 Å². The summed E-state index contributed by atoms with van der Waals surface area (Å²) in [5, 5.41) is 8.98. The van der Waals surface area contributed by atoms with Crippen molar-refractivity contribution in [3.05, 3.63) is 29.8 Å². The van der Waals surface area contributed by atoms with E-state index in [9.17, 15) is 0 Å². The molecule has 0 unspecified atom stereocenters. The largest absolute Gasteiger partial charge is 0.368 e. The fourth-order valence-corrected chi connectivity index (χ4v) is 3.46. The Morgan fingerprint density at radius 3 is 2.67 bits per heavy atom. The molecule has 2 aliphatic rings. The van der Waals surface area contributed by atoms with Gasteiger partial charge in [0, 0.05) is 24.2 Å². The van der Waals surface area contributed by atoms with Crippen molar-refractivity contribution in [3.63, 3.8) is 0 Å². The number of para-hydroxylation sites is 1. The first kappa shape index (κ1) is 11.6. The maximum absolute atomic E-state index is 8.98. The molecule has 2 nitrogen and oxygen atoms in total. The van der Waals surface area contributed by atoms with E-state index in [4.69, 9.17) is 5.26 Å². The van der Waals surface area contributed by atoms with Gasteiger partial charge in [-0.1, -0.05) is 18.2 Å². The van der Waals surface area contributed by atoms with Gasteiger partial charge in [-0.05, 0) is 50.2 Å². The van der Waals surface area contributed by atoms with Crippen LogP contribution in [0.3, 0.4) is 0 Å². The lowest BCUT2D eigenvalue weighted by Crippen LogP contribution is -2.41. The Labute approximate surface area is 109 Å². The molecule has 0 saturated heterocycles. The number of aryl methyl sites for hydroxylation is 1. The number of nitriles is 1. The van der Waals surface area contributed by atoms with Crippen LogP contribution in [0.1, 0.15) is 37.7 Å². The van der Waals surface area contributed by atoms with E-state index in [0.717, 1.165) is 12.8 Å². The van der Waals surface area contributed by atoms with Gasteiger partial charge in [-0.3, -0.25) is 0 Å². The topological polar surface area (TPSA) is 27.0 Å². The van der Waals surface area contributed by atoms with Crippen molar-refractivity contribution in [3.8, 4) is 6.07 Å². The first-order chi connectivity index (χ1) is 8.88. The zero-order chi connectivity index (χ0) is 12.4. The Kier molecular flexibility index (Phi) is 3.23. The summed E-state index contributed by atoms with van der Waals surface area (Å²) < 4.78 is 0. The molecule has 0 amide bonds. The third kappa shape index (κ3) is 2.10. The molecule has 0 radical (unpaired) electrons. The Balaban J connectivity index is 1.77. The van der Waals surface area contributed by atoms with Crippen LogP contribution in [0.5, 0.6) is 0 Å². The molecule has 1 heterocycles. The van der Waals surface area contributed by atoms with Crippen LogP contribution < -0.4 is 4.90 Å². The van der Waals surface area contributed by atoms with Crippen LogP contribution in [0.2, 0.25) is 0 Å². The first-order valence-corrected chi connectivity index (χ1v) is 7.12. The van der Waals surface area contributed by atoms with Crippen molar-refractivity contribution in [2.45, 2.75) is 44.6 Å². The van der Waals surface area contributed by atoms with E-state index in [-0.39, 0.29) is 0 Å². The van der Waals surface area contributed by atoms with Crippen LogP contribution in [-0.2, 0) is 6.42 Å². The molecule has 1 aliphatic heterocycles. The van der Waals surface area contributed by atoms with Crippen molar-refractivity contribution in [1.29, 1.82) is 5.26 Å². The third-order valence-corrected chi connectivity index (χ3v) is 4.47. The maximum atomic E-state index is 8.98. The fourth-order valence-electron chi connectivity index (χ4n) is 3.46. The summed E-state index contributed by atoms with van der Waals surface area (Å²) in [6.07, 6.45) is 7.04. The zero-order valence-electron chi connectivity index (χ0n) is 10.8. The molecule has 0 N–H and O–H groups in total. The highest BCUT2D eigenvalue weighted by atomic mass is 15.2. The number of hydrogen-bond donors (Lipinski definition) is 0. The van der Waals surface area contributed by atoms with E-state index < -0.39 is 0 Å². The predicted octanol–water partition coefficient (Wildman–Crippen LogP) is 3.52. The minimum Gasteiger partial charge on any atom is -0.368 e. The van der Waals surface area contributed by atoms with E-state index in [1.165, 1.54) is 43.5 Å². The number of benzene rings is 1. The molecule has 0 spiro atoms. The number of rotatable bonds is 1.